The first-order valence-electron chi connectivity index (χ1n) is 10.1. The van der Waals surface area contributed by atoms with Crippen LogP contribution in [0.15, 0.2) is 4.99 Å². The van der Waals surface area contributed by atoms with E-state index < -0.39 is 29.9 Å². The zero-order valence-electron chi connectivity index (χ0n) is 16.8. The number of carbonyl (C=O) groups is 3. The highest BCUT2D eigenvalue weighted by atomic mass is 16.4. The Bertz CT molecular complexity index is 619. The summed E-state index contributed by atoms with van der Waals surface area (Å²) in [5, 5.41) is 12.2. The number of carbonyl (C=O) groups excluding carboxylic acids is 2. The minimum Gasteiger partial charge on any atom is -0.481 e. The van der Waals surface area contributed by atoms with Crippen LogP contribution in [0.5, 0.6) is 0 Å². The Morgan fingerprint density at radius 1 is 1.14 bits per heavy atom. The summed E-state index contributed by atoms with van der Waals surface area (Å²) < 4.78 is 0. The summed E-state index contributed by atoms with van der Waals surface area (Å²) in [6, 6.07) is -1.34. The van der Waals surface area contributed by atoms with Crippen LogP contribution in [-0.4, -0.2) is 58.9 Å². The molecule has 2 fully saturated rings. The number of amides is 2. The number of guanidine groups is 1. The molecule has 6 N–H and O–H groups in total. The Hall–Kier alpha value is -2.32. The Kier molecular flexibility index (Phi) is 7.65. The Labute approximate surface area is 165 Å². The van der Waals surface area contributed by atoms with E-state index in [9.17, 15) is 19.5 Å². The van der Waals surface area contributed by atoms with Crippen LogP contribution in [0, 0.1) is 17.8 Å². The lowest BCUT2D eigenvalue weighted by Crippen LogP contribution is -2.54. The molecule has 9 nitrogen and oxygen atoms in total. The maximum Gasteiger partial charge on any atom is 0.306 e. The van der Waals surface area contributed by atoms with Gasteiger partial charge in [-0.1, -0.05) is 19.8 Å². The van der Waals surface area contributed by atoms with Gasteiger partial charge in [-0.25, -0.2) is 4.99 Å². The lowest BCUT2D eigenvalue weighted by atomic mass is 9.91. The number of likely N-dealkylation sites (tertiary alicyclic amines) is 1. The first kappa shape index (κ1) is 22.0. The van der Waals surface area contributed by atoms with Gasteiger partial charge < -0.3 is 26.8 Å². The first-order valence-corrected chi connectivity index (χ1v) is 10.1. The van der Waals surface area contributed by atoms with Crippen molar-refractivity contribution in [1.82, 2.24) is 10.2 Å². The second kappa shape index (κ2) is 9.75. The van der Waals surface area contributed by atoms with Gasteiger partial charge in [0.2, 0.25) is 11.8 Å². The maximum absolute atomic E-state index is 13.4. The Balaban J connectivity index is 2.26. The SMILES string of the molecule is CC(=O)NC(C(=O)N1CCCCC(C)CC1)[C@H]1CC(C(=O)O)C[C@@H]1N=C(N)N. The Morgan fingerprint density at radius 3 is 2.46 bits per heavy atom. The molecule has 0 bridgehead atoms. The largest absolute Gasteiger partial charge is 0.481 e. The van der Waals surface area contributed by atoms with Crippen LogP contribution >= 0.6 is 0 Å². The minimum atomic E-state index is -0.938. The molecule has 3 unspecified atom stereocenters. The third-order valence-corrected chi connectivity index (χ3v) is 5.87. The number of carboxylic acid groups (broad SMARTS) is 1. The summed E-state index contributed by atoms with van der Waals surface area (Å²) >= 11 is 0. The van der Waals surface area contributed by atoms with Gasteiger partial charge in [0.25, 0.3) is 0 Å². The number of rotatable bonds is 5. The third-order valence-electron chi connectivity index (χ3n) is 5.87. The molecular formula is C19H33N5O4. The van der Waals surface area contributed by atoms with Crippen LogP contribution in [0.25, 0.3) is 0 Å². The van der Waals surface area contributed by atoms with Crippen molar-refractivity contribution in [3.63, 3.8) is 0 Å². The van der Waals surface area contributed by atoms with E-state index in [1.165, 1.54) is 6.92 Å². The molecule has 1 saturated heterocycles. The first-order chi connectivity index (χ1) is 13.2. The fraction of sp³-hybridized carbons (Fsp3) is 0.789. The number of nitrogens with zero attached hydrogens (tertiary/aromatic N) is 2. The molecule has 2 amide bonds. The minimum absolute atomic E-state index is 0.143. The predicted octanol–water partition coefficient (Wildman–Crippen LogP) is 0.283. The zero-order valence-corrected chi connectivity index (χ0v) is 16.8. The molecule has 0 radical (unpaired) electrons. The maximum atomic E-state index is 13.4. The smallest absolute Gasteiger partial charge is 0.306 e. The average molecular weight is 396 g/mol. The van der Waals surface area contributed by atoms with E-state index >= 15 is 0 Å². The topological polar surface area (TPSA) is 151 Å². The molecule has 1 heterocycles. The number of hydrogen-bond acceptors (Lipinski definition) is 4. The molecule has 0 aromatic rings. The molecule has 1 aliphatic heterocycles. The van der Waals surface area contributed by atoms with Crippen LogP contribution in [0.1, 0.15) is 52.4 Å². The summed E-state index contributed by atoms with van der Waals surface area (Å²) in [5.41, 5.74) is 11.1. The van der Waals surface area contributed by atoms with Crippen LogP contribution in [-0.2, 0) is 14.4 Å². The van der Waals surface area contributed by atoms with E-state index in [0.717, 1.165) is 25.7 Å². The van der Waals surface area contributed by atoms with Gasteiger partial charge in [0.15, 0.2) is 5.96 Å². The van der Waals surface area contributed by atoms with Crippen LogP contribution < -0.4 is 16.8 Å². The molecule has 0 spiro atoms. The van der Waals surface area contributed by atoms with Gasteiger partial charge in [0.1, 0.15) is 6.04 Å². The van der Waals surface area contributed by atoms with E-state index in [2.05, 4.69) is 17.2 Å². The van der Waals surface area contributed by atoms with Crippen molar-refractivity contribution in [3.05, 3.63) is 0 Å². The molecule has 28 heavy (non-hydrogen) atoms. The predicted molar refractivity (Wildman–Crippen MR) is 105 cm³/mol. The summed E-state index contributed by atoms with van der Waals surface area (Å²) in [6.45, 7) is 4.82. The molecule has 158 valence electrons. The fourth-order valence-corrected chi connectivity index (χ4v) is 4.36. The van der Waals surface area contributed by atoms with Gasteiger partial charge in [0.05, 0.1) is 12.0 Å². The van der Waals surface area contributed by atoms with Crippen molar-refractivity contribution in [3.8, 4) is 0 Å². The van der Waals surface area contributed by atoms with Crippen molar-refractivity contribution >= 4 is 23.7 Å². The van der Waals surface area contributed by atoms with Gasteiger partial charge in [-0.05, 0) is 31.6 Å². The quantitative estimate of drug-likeness (QED) is 0.388. The van der Waals surface area contributed by atoms with Gasteiger partial charge in [0, 0.05) is 25.9 Å². The summed E-state index contributed by atoms with van der Waals surface area (Å²) in [6.07, 6.45) is 4.56. The second-order valence-corrected chi connectivity index (χ2v) is 8.18. The highest BCUT2D eigenvalue weighted by Gasteiger charge is 2.45. The van der Waals surface area contributed by atoms with E-state index in [0.29, 0.717) is 19.0 Å². The van der Waals surface area contributed by atoms with Crippen LogP contribution in [0.3, 0.4) is 0 Å². The normalized spacial score (nSPS) is 29.3. The number of nitrogens with one attached hydrogen (secondary N) is 1. The van der Waals surface area contributed by atoms with Crippen LogP contribution in [0.4, 0.5) is 0 Å². The van der Waals surface area contributed by atoms with Gasteiger partial charge in [-0.15, -0.1) is 0 Å². The highest BCUT2D eigenvalue weighted by Crippen LogP contribution is 2.37. The van der Waals surface area contributed by atoms with Crippen molar-refractivity contribution in [2.75, 3.05) is 13.1 Å². The summed E-state index contributed by atoms with van der Waals surface area (Å²) in [5.74, 6) is -2.14. The zero-order chi connectivity index (χ0) is 20.8. The lowest BCUT2D eigenvalue weighted by Gasteiger charge is -2.34. The second-order valence-electron chi connectivity index (χ2n) is 8.18. The van der Waals surface area contributed by atoms with Gasteiger partial charge in [-0.3, -0.25) is 14.4 Å². The molecule has 9 heteroatoms. The number of hydrogen-bond donors (Lipinski definition) is 4. The fourth-order valence-electron chi connectivity index (χ4n) is 4.36. The summed E-state index contributed by atoms with van der Waals surface area (Å²) in [7, 11) is 0. The van der Waals surface area contributed by atoms with E-state index in [4.69, 9.17) is 11.5 Å². The molecule has 1 aliphatic carbocycles. The number of aliphatic imine (C=N–C) groups is 1. The van der Waals surface area contributed by atoms with E-state index in [1.54, 1.807) is 4.90 Å². The van der Waals surface area contributed by atoms with Crippen molar-refractivity contribution < 1.29 is 19.5 Å². The molecule has 0 aromatic carbocycles. The molecule has 5 atom stereocenters. The molecule has 2 rings (SSSR count). The van der Waals surface area contributed by atoms with Crippen molar-refractivity contribution in [1.29, 1.82) is 0 Å². The highest BCUT2D eigenvalue weighted by molar-refractivity contribution is 5.87. The number of aliphatic carboxylic acids is 1. The molecular weight excluding hydrogens is 362 g/mol. The Morgan fingerprint density at radius 2 is 1.86 bits per heavy atom. The number of carboxylic acids is 1. The molecule has 0 aromatic heterocycles. The van der Waals surface area contributed by atoms with Crippen molar-refractivity contribution in [2.24, 2.45) is 34.2 Å². The number of nitrogens with two attached hydrogens (primary N) is 2. The standard InChI is InChI=1S/C19H33N5O4/c1-11-5-3-4-7-24(8-6-11)17(26)16(22-12(2)25)14-9-13(18(27)28)10-15(14)23-19(20)21/h11,13-16H,3-10H2,1-2H3,(H,22,25)(H,27,28)(H4,20,21,23)/t11?,13?,14-,15-,16?/m0/s1. The van der Waals surface area contributed by atoms with E-state index in [1.807, 2.05) is 0 Å². The average Bonchev–Trinajstić information content (AvgIpc) is 2.99. The van der Waals surface area contributed by atoms with Crippen LogP contribution in [0.2, 0.25) is 0 Å². The molecule has 1 saturated carbocycles. The molecule has 2 aliphatic rings. The van der Waals surface area contributed by atoms with Gasteiger partial charge in [-0.2, -0.15) is 0 Å². The lowest BCUT2D eigenvalue weighted by molar-refractivity contribution is -0.142. The van der Waals surface area contributed by atoms with Gasteiger partial charge >= 0.3 is 5.97 Å². The van der Waals surface area contributed by atoms with E-state index in [-0.39, 0.29) is 30.6 Å². The summed E-state index contributed by atoms with van der Waals surface area (Å²) in [4.78, 5) is 42.7. The third kappa shape index (κ3) is 5.84. The van der Waals surface area contributed by atoms with Crippen molar-refractivity contribution in [2.45, 2.75) is 64.5 Å². The monoisotopic (exact) mass is 395 g/mol.